The van der Waals surface area contributed by atoms with Crippen LogP contribution in [0.3, 0.4) is 0 Å². The Balaban J connectivity index is -0.000000187. The molecule has 4 aromatic rings. The van der Waals surface area contributed by atoms with Crippen molar-refractivity contribution in [2.24, 2.45) is 22.3 Å². The Morgan fingerprint density at radius 1 is 0.512 bits per heavy atom. The van der Waals surface area contributed by atoms with E-state index in [0.717, 1.165) is 50.3 Å². The number of ether oxygens (including phenoxy) is 6. The number of aliphatic hydroxyl groups is 2. The molecule has 684 valence electrons. The van der Waals surface area contributed by atoms with Crippen LogP contribution in [0.5, 0.6) is 0 Å². The van der Waals surface area contributed by atoms with Gasteiger partial charge in [0, 0.05) is 66.7 Å². The quantitative estimate of drug-likeness (QED) is 0.0211. The van der Waals surface area contributed by atoms with Crippen molar-refractivity contribution in [3.05, 3.63) is 138 Å². The van der Waals surface area contributed by atoms with Crippen LogP contribution < -0.4 is 43.4 Å². The van der Waals surface area contributed by atoms with Gasteiger partial charge < -0.3 is 130 Å². The fourth-order valence-corrected chi connectivity index (χ4v) is 10.5. The molecule has 0 aliphatic carbocycles. The zero-order chi connectivity index (χ0) is 90.5. The number of aryl methyl sites for hydroxylation is 2. The number of likely N-dealkylation sites (tertiary alicyclic amines) is 2. The van der Waals surface area contributed by atoms with Crippen LogP contribution in [0.1, 0.15) is 146 Å². The molecular formula is C80H129IN12O22S2W4. The van der Waals surface area contributed by atoms with Gasteiger partial charge in [0.15, 0.2) is 17.7 Å². The number of hydrogen-bond acceptors (Lipinski definition) is 26. The summed E-state index contributed by atoms with van der Waals surface area (Å²) < 4.78 is 28.8. The first-order valence-corrected chi connectivity index (χ1v) is 38.0. The van der Waals surface area contributed by atoms with E-state index in [9.17, 15) is 63.0 Å². The van der Waals surface area contributed by atoms with Crippen LogP contribution in [-0.4, -0.2) is 225 Å². The molecule has 2 saturated heterocycles. The zero-order valence-corrected chi connectivity index (χ0v) is 88.4. The number of hydrogen-bond donors (Lipinski definition) is 12. The number of carboxylic acid groups (broad SMARTS) is 2. The maximum atomic E-state index is 13.5. The Morgan fingerprint density at radius 3 is 1.04 bits per heavy atom. The molecule has 0 bridgehead atoms. The van der Waals surface area contributed by atoms with Gasteiger partial charge in [0.1, 0.15) is 55.8 Å². The summed E-state index contributed by atoms with van der Waals surface area (Å²) in [4.78, 5) is 147. The number of carboxylic acids is 2. The predicted octanol–water partition coefficient (Wildman–Crippen LogP) is 6.61. The second-order valence-corrected chi connectivity index (χ2v) is 30.6. The van der Waals surface area contributed by atoms with Gasteiger partial charge in [-0.2, -0.15) is 0 Å². The molecule has 2 aliphatic heterocycles. The number of nitrogens with zero attached hydrogens (tertiary/aromatic N) is 4. The van der Waals surface area contributed by atoms with Gasteiger partial charge >= 0.3 is 102 Å². The summed E-state index contributed by atoms with van der Waals surface area (Å²) in [6, 6.07) is 12.7. The number of aliphatic hydroxyl groups excluding tert-OH is 2. The van der Waals surface area contributed by atoms with Gasteiger partial charge in [0.2, 0.25) is 29.5 Å². The van der Waals surface area contributed by atoms with E-state index in [2.05, 4.69) is 108 Å². The first-order chi connectivity index (χ1) is 53.8. The molecule has 0 radical (unpaired) electrons. The summed E-state index contributed by atoms with van der Waals surface area (Å²) in [5.41, 5.74) is 18.1. The Kier molecular flexibility index (Phi) is 80.2. The fraction of sp³-hybridized carbons (Fsp3) is 0.525. The number of β-amino-alcohol motifs (C(OH)–C–C–N with tert-alkyl or cyclic N) is 2. The number of carbonyl (C=O) groups is 12. The molecule has 2 aromatic heterocycles. The van der Waals surface area contributed by atoms with Crippen molar-refractivity contribution < 1.29 is 191 Å². The number of aliphatic carboxylic acids is 2. The van der Waals surface area contributed by atoms with E-state index >= 15 is 0 Å². The molecule has 0 saturated carbocycles. The molecule has 8 amide bonds. The molecule has 121 heavy (non-hydrogen) atoms. The molecular weight excluding hydrogens is 2410 g/mol. The molecule has 6 rings (SSSR count). The first-order valence-electron chi connectivity index (χ1n) is 36.2. The van der Waals surface area contributed by atoms with Crippen LogP contribution in [0.4, 0.5) is 0 Å². The molecule has 2 aromatic carbocycles. The summed E-state index contributed by atoms with van der Waals surface area (Å²) in [6.07, 6.45) is -1.19. The Morgan fingerprint density at radius 2 is 0.802 bits per heavy atom. The van der Waals surface area contributed by atoms with Gasteiger partial charge in [-0.1, -0.05) is 117 Å². The fourth-order valence-electron chi connectivity index (χ4n) is 8.88. The maximum absolute atomic E-state index is 13.5. The molecule has 41 heteroatoms. The number of esters is 2. The van der Waals surface area contributed by atoms with E-state index in [-0.39, 0.29) is 228 Å². The van der Waals surface area contributed by atoms with Crippen LogP contribution in [0.2, 0.25) is 0 Å². The number of benzene rings is 2. The minimum atomic E-state index is -0.955. The van der Waals surface area contributed by atoms with E-state index in [0.29, 0.717) is 19.8 Å². The summed E-state index contributed by atoms with van der Waals surface area (Å²) >= 11 is 3.18. The second kappa shape index (κ2) is 72.6. The normalized spacial score (nSPS) is 14.2. The van der Waals surface area contributed by atoms with Gasteiger partial charge in [0.25, 0.3) is 5.97 Å². The van der Waals surface area contributed by atoms with Crippen LogP contribution in [0.15, 0.2) is 59.6 Å². The number of nitrogens with one attached hydrogen (secondary N) is 6. The smallest absolute Gasteiger partial charge is 0.509 e. The van der Waals surface area contributed by atoms with Crippen molar-refractivity contribution >= 4 is 118 Å². The van der Waals surface area contributed by atoms with Crippen molar-refractivity contribution in [2.75, 3.05) is 65.9 Å². The Labute approximate surface area is 798 Å². The standard InChI is InChI=1S/C26H35N4O5S.C22H30N4O3S.2C8H15O3.C4H7O3.3C3H6NO.C2H4O2.CH4N.HI.4W/c1-6-35-14-21(32)29-23(26(3,4)5)25(34)30-13-19(31)11-20(30)24(33)27-12-17-7-9-18(10-8-17)22-16(2)28-15-36-22;1-13-18(30-12-25-13)15-7-5-14(6-8-15)10-24-20(28)17-9-16(27)11-26(17)21(29)19(23)22(2,3)4;2*1-5-10-6-7(9)11-8(2,3)4;1-2-7-3-4(5)6;3*1-3(5)4-2;1-2(3)4;1-2;;;;;/h7-10,15,19-20,23,31H,1,6,11-14H2,2-5H3,(H,27,33)(H,29,32);5-8,12,16-17,19,27H,9-11,23H2,1-4H3,(H,24,28);2*1,5-6H2,2-4H3;1-3H2,(H,5,6);3*2H2,1H3,(H,4,5);1H3,(H,3,4);1-2H2;1H;;;;/q-1;;6*-1;;-1;;4*+2/t19-,20+,23-;16-,17+,19-;;;;;;;;;;;;;/m11............./s1. The van der Waals surface area contributed by atoms with Crippen LogP contribution >= 0.6 is 46.7 Å². The molecule has 2 aliphatic rings. The van der Waals surface area contributed by atoms with E-state index in [4.69, 9.17) is 44.4 Å². The van der Waals surface area contributed by atoms with Gasteiger partial charge in [0.05, 0.1) is 50.4 Å². The SMILES string of the molecule is CC(=O)O.Cc1ncsc1-c1ccc(CNC(=O)[C@@H]2C[C@@H](O)CN2C(=O)[C@@H](N)C(C)(C)C)cc1.I.[CH2-]COCC(=O)N[C@H](C(=O)N1C[C@H](O)C[C@H]1C(=O)NCc1ccc(-c2scnc2C)cc1)C(C)(C)C.[CH2-]COCC(=O)O.[CH2-]COCC(=O)OC(C)(C)C.[CH2-]COCC(=O)OC(C)(C)C.[CH2-]N.[CH2-]NC(C)=O.[CH2-]NC(C)=O.[CH2-]NC(C)=O.[W+2].[W+2].[W+2].[W+2]. The van der Waals surface area contributed by atoms with Gasteiger partial charge in [-0.25, -0.2) is 24.4 Å². The third-order valence-electron chi connectivity index (χ3n) is 14.3. The van der Waals surface area contributed by atoms with E-state index in [1.54, 1.807) is 22.7 Å². The van der Waals surface area contributed by atoms with Crippen molar-refractivity contribution in [1.82, 2.24) is 51.7 Å². The minimum Gasteiger partial charge on any atom is -0.509 e. The number of rotatable bonds is 23. The Hall–Kier alpha value is -5.50. The molecule has 2 fully saturated rings. The largest absolute Gasteiger partial charge is 2.00 e. The first kappa shape index (κ1) is 134. The minimum absolute atomic E-state index is 0. The van der Waals surface area contributed by atoms with Gasteiger partial charge in [-0.3, -0.25) is 71.3 Å². The molecule has 4 heterocycles. The van der Waals surface area contributed by atoms with Crippen molar-refractivity contribution in [3.63, 3.8) is 0 Å². The summed E-state index contributed by atoms with van der Waals surface area (Å²) in [5.74, 6) is -4.57. The summed E-state index contributed by atoms with van der Waals surface area (Å²) in [5, 5.41) is 50.6. The number of carbonyl (C=O) groups excluding carboxylic acids is 10. The second-order valence-electron chi connectivity index (χ2n) is 28.9. The Bertz CT molecular complexity index is 3500. The van der Waals surface area contributed by atoms with Crippen molar-refractivity contribution in [2.45, 2.75) is 198 Å². The number of thiazole rings is 2. The van der Waals surface area contributed by atoms with Crippen LogP contribution in [-0.2, 0) is 183 Å². The molecule has 34 nitrogen and oxygen atoms in total. The maximum Gasteiger partial charge on any atom is 2.00 e. The average Bonchev–Trinajstić information content (AvgIpc) is 1.72. The monoisotopic (exact) mass is 2540 g/mol. The average molecular weight is 2540 g/mol. The molecule has 0 spiro atoms. The van der Waals surface area contributed by atoms with Crippen LogP contribution in [0, 0.1) is 80.6 Å². The van der Waals surface area contributed by atoms with E-state index in [1.165, 1.54) is 30.6 Å². The topological polar surface area (TPSA) is 498 Å². The number of amides is 8. The van der Waals surface area contributed by atoms with Gasteiger partial charge in [-0.05, 0) is 88.5 Å². The molecule has 0 unspecified atom stereocenters. The third-order valence-corrected chi connectivity index (χ3v) is 16.2. The predicted molar refractivity (Wildman–Crippen MR) is 459 cm³/mol. The van der Waals surface area contributed by atoms with Crippen LogP contribution in [0.25, 0.3) is 20.9 Å². The van der Waals surface area contributed by atoms with Crippen molar-refractivity contribution in [1.29, 1.82) is 0 Å². The number of aromatic nitrogens is 2. The summed E-state index contributed by atoms with van der Waals surface area (Å²) in [7, 11) is 12.0. The zero-order valence-electron chi connectivity index (χ0n) is 72.7. The molecule has 6 atom stereocenters. The van der Waals surface area contributed by atoms with Gasteiger partial charge in [-0.15, -0.1) is 46.7 Å². The van der Waals surface area contributed by atoms with E-state index in [1.807, 2.05) is 156 Å². The number of halogens is 1. The molecule has 14 N–H and O–H groups in total. The third kappa shape index (κ3) is 65.7. The van der Waals surface area contributed by atoms with E-state index < -0.39 is 82.2 Å². The summed E-state index contributed by atoms with van der Waals surface area (Å²) in [6.45, 7) is 46.2. The van der Waals surface area contributed by atoms with Crippen molar-refractivity contribution in [3.8, 4) is 20.9 Å². The number of nitrogens with two attached hydrogens (primary N) is 2.